The number of aromatic nitrogens is 2. The molecule has 0 unspecified atom stereocenters. The lowest BCUT2D eigenvalue weighted by Gasteiger charge is -1.84. The first kappa shape index (κ1) is 4.64. The molecule has 3 nitrogen and oxygen atoms in total. The molecule has 0 radical (unpaired) electrons. The molecule has 0 aliphatic carbocycles. The molecule has 0 fully saturated rings. The Morgan fingerprint density at radius 1 is 1.86 bits per heavy atom. The van der Waals surface area contributed by atoms with Gasteiger partial charge < -0.3 is 5.73 Å². The molecule has 0 amide bonds. The number of nitrogens with two attached hydrogens (primary N) is 1. The molecule has 4 heteroatoms. The molecule has 2 N–H and O–H groups in total. The van der Waals surface area contributed by atoms with E-state index in [0.717, 1.165) is 0 Å². The molecule has 0 atom stereocenters. The van der Waals surface area contributed by atoms with Crippen LogP contribution in [-0.4, -0.2) is 8.58 Å². The van der Waals surface area contributed by atoms with Crippen LogP contribution in [0, 0.1) is 0 Å². The minimum Gasteiger partial charge on any atom is -0.383 e. The molecule has 0 aromatic carbocycles. The van der Waals surface area contributed by atoms with Crippen LogP contribution in [0.15, 0.2) is 12.5 Å². The van der Waals surface area contributed by atoms with Crippen molar-refractivity contribution in [1.29, 1.82) is 0 Å². The fourth-order valence-electron chi connectivity index (χ4n) is 0.290. The molecule has 0 saturated heterocycles. The Bertz CT molecular complexity index is 142. The van der Waals surface area contributed by atoms with Crippen LogP contribution >= 0.6 is 16.1 Å². The number of anilines is 1. The highest BCUT2D eigenvalue weighted by Crippen LogP contribution is 2.01. The Kier molecular flexibility index (Phi) is 1.02. The predicted molar refractivity (Wildman–Crippen MR) is 31.0 cm³/mol. The fraction of sp³-hybridized carbons (Fsp3) is 0. The van der Waals surface area contributed by atoms with Gasteiger partial charge in [0, 0.05) is 0 Å². The summed E-state index contributed by atoms with van der Waals surface area (Å²) < 4.78 is 1.56. The third-order valence-corrected chi connectivity index (χ3v) is 1.21. The van der Waals surface area contributed by atoms with E-state index in [9.17, 15) is 0 Å². The van der Waals surface area contributed by atoms with Crippen LogP contribution in [0.3, 0.4) is 0 Å². The molecule has 1 aromatic heterocycles. The second-order valence-electron chi connectivity index (χ2n) is 1.13. The van der Waals surface area contributed by atoms with Gasteiger partial charge in [0.2, 0.25) is 0 Å². The number of nitrogen functional groups attached to an aromatic ring is 1. The molecule has 1 aromatic rings. The summed E-state index contributed by atoms with van der Waals surface area (Å²) in [6, 6.07) is 0. The van der Waals surface area contributed by atoms with Gasteiger partial charge in [-0.3, -0.25) is 3.59 Å². The molecular weight excluding hydrogens is 158 g/mol. The van der Waals surface area contributed by atoms with Crippen molar-refractivity contribution in [3.8, 4) is 0 Å². The smallest absolute Gasteiger partial charge is 0.133 e. The van der Waals surface area contributed by atoms with Crippen LogP contribution in [0.5, 0.6) is 0 Å². The number of rotatable bonds is 0. The summed E-state index contributed by atoms with van der Waals surface area (Å²) in [7, 11) is 0. The summed E-state index contributed by atoms with van der Waals surface area (Å²) >= 11 is 3.09. The maximum atomic E-state index is 5.29. The minimum absolute atomic E-state index is 0.611. The summed E-state index contributed by atoms with van der Waals surface area (Å²) in [4.78, 5) is 3.71. The lowest BCUT2D eigenvalue weighted by Crippen LogP contribution is -1.86. The van der Waals surface area contributed by atoms with E-state index in [1.807, 2.05) is 0 Å². The second kappa shape index (κ2) is 1.54. The highest BCUT2D eigenvalue weighted by atomic mass is 79.9. The fourth-order valence-corrected chi connectivity index (χ4v) is 0.487. The van der Waals surface area contributed by atoms with Gasteiger partial charge in [0.1, 0.15) is 12.1 Å². The second-order valence-corrected chi connectivity index (χ2v) is 1.89. The monoisotopic (exact) mass is 161 g/mol. The van der Waals surface area contributed by atoms with E-state index >= 15 is 0 Å². The summed E-state index contributed by atoms with van der Waals surface area (Å²) in [5, 5.41) is 0. The van der Waals surface area contributed by atoms with Gasteiger partial charge >= 0.3 is 0 Å². The molecule has 0 aliphatic rings. The van der Waals surface area contributed by atoms with Crippen LogP contribution in [0.4, 0.5) is 5.82 Å². The molecule has 1 rings (SSSR count). The molecule has 0 saturated carbocycles. The van der Waals surface area contributed by atoms with Gasteiger partial charge in [-0.1, -0.05) is 0 Å². The quantitative estimate of drug-likeness (QED) is 0.607. The zero-order valence-corrected chi connectivity index (χ0v) is 5.09. The van der Waals surface area contributed by atoms with Gasteiger partial charge in [-0.15, -0.1) is 0 Å². The van der Waals surface area contributed by atoms with Gasteiger partial charge in [-0.2, -0.15) is 0 Å². The Labute approximate surface area is 49.5 Å². The molecule has 38 valence electrons. The van der Waals surface area contributed by atoms with Crippen molar-refractivity contribution < 1.29 is 0 Å². The van der Waals surface area contributed by atoms with Crippen LogP contribution in [0.25, 0.3) is 0 Å². The van der Waals surface area contributed by atoms with E-state index in [-0.39, 0.29) is 0 Å². The first-order valence-corrected chi connectivity index (χ1v) is 2.45. The molecule has 7 heavy (non-hydrogen) atoms. The van der Waals surface area contributed by atoms with Crippen molar-refractivity contribution in [2.75, 3.05) is 5.73 Å². The third-order valence-electron chi connectivity index (χ3n) is 0.622. The normalized spacial score (nSPS) is 9.29. The first-order chi connectivity index (χ1) is 3.30. The number of halogens is 1. The van der Waals surface area contributed by atoms with Crippen molar-refractivity contribution in [3.05, 3.63) is 12.5 Å². The molecule has 1 heterocycles. The number of imidazole rings is 1. The van der Waals surface area contributed by atoms with E-state index in [0.29, 0.717) is 5.82 Å². The minimum atomic E-state index is 0.611. The summed E-state index contributed by atoms with van der Waals surface area (Å²) in [5.74, 6) is 0.611. The van der Waals surface area contributed by atoms with E-state index in [4.69, 9.17) is 5.73 Å². The third kappa shape index (κ3) is 0.742. The zero-order valence-electron chi connectivity index (χ0n) is 3.50. The van der Waals surface area contributed by atoms with E-state index in [1.54, 1.807) is 16.1 Å². The van der Waals surface area contributed by atoms with Crippen molar-refractivity contribution in [2.24, 2.45) is 0 Å². The standard InChI is InChI=1S/C3H4BrN3/c4-7-2-6-1-3(7)5/h1-2H,5H2. The van der Waals surface area contributed by atoms with Gasteiger partial charge in [0.15, 0.2) is 0 Å². The van der Waals surface area contributed by atoms with Gasteiger partial charge in [0.25, 0.3) is 0 Å². The van der Waals surface area contributed by atoms with Crippen LogP contribution < -0.4 is 5.73 Å². The maximum absolute atomic E-state index is 5.29. The Hall–Kier alpha value is -0.510. The average molecular weight is 162 g/mol. The Morgan fingerprint density at radius 3 is 2.71 bits per heavy atom. The highest BCUT2D eigenvalue weighted by molar-refractivity contribution is 9.08. The predicted octanol–water partition coefficient (Wildman–Crippen LogP) is 0.623. The van der Waals surface area contributed by atoms with Gasteiger partial charge in [0.05, 0.1) is 22.3 Å². The van der Waals surface area contributed by atoms with Crippen LogP contribution in [-0.2, 0) is 0 Å². The van der Waals surface area contributed by atoms with E-state index in [2.05, 4.69) is 21.1 Å². The van der Waals surface area contributed by atoms with Gasteiger partial charge in [-0.25, -0.2) is 4.98 Å². The molecular formula is C3H4BrN3. The van der Waals surface area contributed by atoms with Crippen LogP contribution in [0.1, 0.15) is 0 Å². The SMILES string of the molecule is Nc1cncn1Br. The number of hydrogen-bond acceptors (Lipinski definition) is 2. The lowest BCUT2D eigenvalue weighted by atomic mass is 10.8. The lowest BCUT2D eigenvalue weighted by molar-refractivity contribution is 1.26. The number of nitrogens with zero attached hydrogens (tertiary/aromatic N) is 2. The van der Waals surface area contributed by atoms with Crippen molar-refractivity contribution in [2.45, 2.75) is 0 Å². The molecule has 0 aliphatic heterocycles. The Morgan fingerprint density at radius 2 is 2.57 bits per heavy atom. The first-order valence-electron chi connectivity index (χ1n) is 1.74. The van der Waals surface area contributed by atoms with Crippen molar-refractivity contribution in [3.63, 3.8) is 0 Å². The van der Waals surface area contributed by atoms with Crippen LogP contribution in [0.2, 0.25) is 0 Å². The Balaban J connectivity index is 3.12. The summed E-state index contributed by atoms with van der Waals surface area (Å²) in [6.07, 6.45) is 3.14. The summed E-state index contributed by atoms with van der Waals surface area (Å²) in [5.41, 5.74) is 5.29. The topological polar surface area (TPSA) is 43.8 Å². The number of hydrogen-bond donors (Lipinski definition) is 1. The van der Waals surface area contributed by atoms with E-state index < -0.39 is 0 Å². The highest BCUT2D eigenvalue weighted by Gasteiger charge is 1.86. The molecule has 0 spiro atoms. The van der Waals surface area contributed by atoms with Gasteiger partial charge in [-0.05, 0) is 0 Å². The van der Waals surface area contributed by atoms with Crippen molar-refractivity contribution >= 4 is 22.0 Å². The zero-order chi connectivity index (χ0) is 5.28. The molecule has 0 bridgehead atoms. The van der Waals surface area contributed by atoms with E-state index in [1.165, 1.54) is 0 Å². The largest absolute Gasteiger partial charge is 0.383 e. The van der Waals surface area contributed by atoms with Crippen molar-refractivity contribution in [1.82, 2.24) is 8.58 Å². The summed E-state index contributed by atoms with van der Waals surface area (Å²) in [6.45, 7) is 0. The maximum Gasteiger partial charge on any atom is 0.133 e. The average Bonchev–Trinajstić information content (AvgIpc) is 1.91.